The first kappa shape index (κ1) is 18.5. The zero-order valence-corrected chi connectivity index (χ0v) is 16.3. The number of halogens is 2. The molecular formula is C21H16Cl2N4O. The van der Waals surface area contributed by atoms with Crippen molar-refractivity contribution in [2.45, 2.75) is 13.1 Å². The molecule has 0 atom stereocenters. The maximum absolute atomic E-state index is 12.4. The Morgan fingerprint density at radius 3 is 2.46 bits per heavy atom. The van der Waals surface area contributed by atoms with Crippen molar-refractivity contribution < 1.29 is 4.79 Å². The van der Waals surface area contributed by atoms with Crippen molar-refractivity contribution in [3.05, 3.63) is 94.0 Å². The Balaban J connectivity index is 1.67. The Morgan fingerprint density at radius 1 is 0.964 bits per heavy atom. The quantitative estimate of drug-likeness (QED) is 0.517. The third kappa shape index (κ3) is 3.72. The van der Waals surface area contributed by atoms with Crippen molar-refractivity contribution in [3.8, 4) is 0 Å². The number of imidazole rings is 1. The number of nitrogens with one attached hydrogen (secondary N) is 1. The highest BCUT2D eigenvalue weighted by Gasteiger charge is 2.15. The lowest BCUT2D eigenvalue weighted by molar-refractivity contribution is 0.0944. The van der Waals surface area contributed by atoms with Crippen LogP contribution in [0.15, 0.2) is 66.9 Å². The maximum atomic E-state index is 12.4. The molecule has 2 aromatic heterocycles. The average molecular weight is 411 g/mol. The number of hydrogen-bond donors (Lipinski definition) is 1. The van der Waals surface area contributed by atoms with Gasteiger partial charge in [-0.1, -0.05) is 47.5 Å². The highest BCUT2D eigenvalue weighted by molar-refractivity contribution is 6.36. The molecule has 140 valence electrons. The Kier molecular flexibility index (Phi) is 5.28. The minimum Gasteiger partial charge on any atom is -0.343 e. The Morgan fingerprint density at radius 2 is 1.71 bits per heavy atom. The largest absolute Gasteiger partial charge is 0.343 e. The molecule has 2 aromatic carbocycles. The molecule has 0 bridgehead atoms. The van der Waals surface area contributed by atoms with Gasteiger partial charge in [0.15, 0.2) is 0 Å². The van der Waals surface area contributed by atoms with E-state index in [1.165, 1.54) is 0 Å². The summed E-state index contributed by atoms with van der Waals surface area (Å²) in [6.07, 6.45) is 1.59. The van der Waals surface area contributed by atoms with Crippen LogP contribution >= 0.6 is 23.2 Å². The summed E-state index contributed by atoms with van der Waals surface area (Å²) in [4.78, 5) is 21.1. The highest BCUT2D eigenvalue weighted by Crippen LogP contribution is 2.27. The molecule has 0 saturated heterocycles. The molecule has 0 fully saturated rings. The summed E-state index contributed by atoms with van der Waals surface area (Å²) in [7, 11) is 0. The summed E-state index contributed by atoms with van der Waals surface area (Å²) < 4.78 is 2.02. The fourth-order valence-electron chi connectivity index (χ4n) is 3.03. The molecule has 5 nitrogen and oxygen atoms in total. The lowest BCUT2D eigenvalue weighted by Crippen LogP contribution is -2.25. The van der Waals surface area contributed by atoms with E-state index in [4.69, 9.17) is 23.2 Å². The Bertz CT molecular complexity index is 1120. The number of amides is 1. The van der Waals surface area contributed by atoms with E-state index in [1.54, 1.807) is 24.4 Å². The molecule has 2 heterocycles. The zero-order valence-electron chi connectivity index (χ0n) is 14.8. The number of carbonyl (C=O) groups is 1. The smallest absolute Gasteiger partial charge is 0.270 e. The Hall–Kier alpha value is -2.89. The molecule has 28 heavy (non-hydrogen) atoms. The molecule has 4 rings (SSSR count). The normalized spacial score (nSPS) is 10.9. The van der Waals surface area contributed by atoms with Crippen LogP contribution in [0.4, 0.5) is 0 Å². The lowest BCUT2D eigenvalue weighted by Gasteiger charge is -2.13. The van der Waals surface area contributed by atoms with Crippen molar-refractivity contribution in [2.75, 3.05) is 0 Å². The van der Waals surface area contributed by atoms with Gasteiger partial charge in [0.25, 0.3) is 5.91 Å². The standard InChI is InChI=1S/C21H16Cl2N4O/c22-15-6-5-7-16(23)14(15)13-27-19-10-2-1-8-17(19)26-20(27)12-25-21(28)18-9-3-4-11-24-18/h1-11H,12-13H2,(H,25,28). The van der Waals surface area contributed by atoms with E-state index < -0.39 is 0 Å². The van der Waals surface area contributed by atoms with Crippen molar-refractivity contribution >= 4 is 40.1 Å². The minimum atomic E-state index is -0.255. The summed E-state index contributed by atoms with van der Waals surface area (Å²) in [5, 5.41) is 4.06. The van der Waals surface area contributed by atoms with Gasteiger partial charge in [0, 0.05) is 21.8 Å². The fraction of sp³-hybridized carbons (Fsp3) is 0.0952. The second kappa shape index (κ2) is 8.00. The maximum Gasteiger partial charge on any atom is 0.270 e. The molecule has 1 N–H and O–H groups in total. The summed E-state index contributed by atoms with van der Waals surface area (Å²) in [5.41, 5.74) is 2.96. The third-order valence-electron chi connectivity index (χ3n) is 4.42. The first-order valence-electron chi connectivity index (χ1n) is 8.70. The predicted octanol–water partition coefficient (Wildman–Crippen LogP) is 4.72. The van der Waals surface area contributed by atoms with E-state index in [1.807, 2.05) is 47.0 Å². The van der Waals surface area contributed by atoms with Gasteiger partial charge < -0.3 is 9.88 Å². The first-order chi connectivity index (χ1) is 13.6. The van der Waals surface area contributed by atoms with Crippen molar-refractivity contribution in [2.24, 2.45) is 0 Å². The van der Waals surface area contributed by atoms with Gasteiger partial charge in [-0.25, -0.2) is 4.98 Å². The average Bonchev–Trinajstić information content (AvgIpc) is 3.07. The fourth-order valence-corrected chi connectivity index (χ4v) is 3.54. The third-order valence-corrected chi connectivity index (χ3v) is 5.12. The van der Waals surface area contributed by atoms with Gasteiger partial charge in [-0.15, -0.1) is 0 Å². The predicted molar refractivity (Wildman–Crippen MR) is 111 cm³/mol. The molecule has 0 spiro atoms. The minimum absolute atomic E-state index is 0.255. The van der Waals surface area contributed by atoms with Gasteiger partial charge in [-0.3, -0.25) is 9.78 Å². The van der Waals surface area contributed by atoms with E-state index in [2.05, 4.69) is 15.3 Å². The Labute approximate surface area is 171 Å². The number of hydrogen-bond acceptors (Lipinski definition) is 3. The summed E-state index contributed by atoms with van der Waals surface area (Å²) in [6.45, 7) is 0.708. The van der Waals surface area contributed by atoms with Crippen LogP contribution < -0.4 is 5.32 Å². The lowest BCUT2D eigenvalue weighted by atomic mass is 10.2. The monoisotopic (exact) mass is 410 g/mol. The molecular weight excluding hydrogens is 395 g/mol. The number of para-hydroxylation sites is 2. The van der Waals surface area contributed by atoms with Gasteiger partial charge in [0.2, 0.25) is 0 Å². The number of fused-ring (bicyclic) bond motifs is 1. The van der Waals surface area contributed by atoms with Crippen LogP contribution in [0, 0.1) is 0 Å². The first-order valence-corrected chi connectivity index (χ1v) is 9.45. The number of carbonyl (C=O) groups excluding carboxylic acids is 1. The van der Waals surface area contributed by atoms with Crippen LogP contribution in [-0.4, -0.2) is 20.4 Å². The highest BCUT2D eigenvalue weighted by atomic mass is 35.5. The molecule has 0 aliphatic carbocycles. The van der Waals surface area contributed by atoms with Crippen molar-refractivity contribution in [3.63, 3.8) is 0 Å². The van der Waals surface area contributed by atoms with Crippen LogP contribution in [0.2, 0.25) is 10.0 Å². The molecule has 0 aliphatic heterocycles. The van der Waals surface area contributed by atoms with E-state index in [0.29, 0.717) is 28.1 Å². The van der Waals surface area contributed by atoms with Crippen molar-refractivity contribution in [1.29, 1.82) is 0 Å². The van der Waals surface area contributed by atoms with E-state index in [9.17, 15) is 4.79 Å². The molecule has 0 saturated carbocycles. The molecule has 0 radical (unpaired) electrons. The van der Waals surface area contributed by atoms with Crippen LogP contribution in [-0.2, 0) is 13.1 Å². The van der Waals surface area contributed by atoms with Gasteiger partial charge in [0.1, 0.15) is 11.5 Å². The molecule has 0 aliphatic rings. The van der Waals surface area contributed by atoms with E-state index in [0.717, 1.165) is 16.6 Å². The number of nitrogens with zero attached hydrogens (tertiary/aromatic N) is 3. The summed E-state index contributed by atoms with van der Waals surface area (Å²) in [5.74, 6) is 0.455. The molecule has 4 aromatic rings. The molecule has 0 unspecified atom stereocenters. The van der Waals surface area contributed by atoms with Gasteiger partial charge in [0.05, 0.1) is 24.1 Å². The zero-order chi connectivity index (χ0) is 19.5. The molecule has 1 amide bonds. The topological polar surface area (TPSA) is 59.8 Å². The molecule has 7 heteroatoms. The second-order valence-corrected chi connectivity index (χ2v) is 7.02. The number of benzene rings is 2. The van der Waals surface area contributed by atoms with Gasteiger partial charge in [-0.05, 0) is 36.4 Å². The number of rotatable bonds is 5. The van der Waals surface area contributed by atoms with Gasteiger partial charge >= 0.3 is 0 Å². The SMILES string of the molecule is O=C(NCc1nc2ccccc2n1Cc1c(Cl)cccc1Cl)c1ccccn1. The van der Waals surface area contributed by atoms with Crippen molar-refractivity contribution in [1.82, 2.24) is 19.9 Å². The van der Waals surface area contributed by atoms with Crippen LogP contribution in [0.1, 0.15) is 21.9 Å². The summed E-state index contributed by atoms with van der Waals surface area (Å²) in [6, 6.07) is 18.4. The van der Waals surface area contributed by atoms with Crippen LogP contribution in [0.3, 0.4) is 0 Å². The summed E-state index contributed by atoms with van der Waals surface area (Å²) >= 11 is 12.7. The van der Waals surface area contributed by atoms with E-state index >= 15 is 0 Å². The van der Waals surface area contributed by atoms with E-state index in [-0.39, 0.29) is 12.5 Å². The van der Waals surface area contributed by atoms with Gasteiger partial charge in [-0.2, -0.15) is 0 Å². The number of aromatic nitrogens is 3. The van der Waals surface area contributed by atoms with Crippen LogP contribution in [0.5, 0.6) is 0 Å². The van der Waals surface area contributed by atoms with Crippen LogP contribution in [0.25, 0.3) is 11.0 Å². The number of pyridine rings is 1. The second-order valence-electron chi connectivity index (χ2n) is 6.20.